The molecule has 0 aliphatic rings. The van der Waals surface area contributed by atoms with Gasteiger partial charge >= 0.3 is 0 Å². The van der Waals surface area contributed by atoms with E-state index in [9.17, 15) is 13.2 Å². The second-order valence-corrected chi connectivity index (χ2v) is 8.19. The summed E-state index contributed by atoms with van der Waals surface area (Å²) < 4.78 is 24.5. The molecule has 0 radical (unpaired) electrons. The number of hydrogen-bond acceptors (Lipinski definition) is 3. The lowest BCUT2D eigenvalue weighted by Gasteiger charge is -2.07. The maximum atomic E-state index is 12.3. The topological polar surface area (TPSA) is 51.2 Å². The van der Waals surface area contributed by atoms with Gasteiger partial charge in [-0.15, -0.1) is 0 Å². The molecule has 0 bridgehead atoms. The molecule has 0 saturated carbocycles. The molecule has 4 heteroatoms. The van der Waals surface area contributed by atoms with Crippen LogP contribution >= 0.6 is 0 Å². The van der Waals surface area contributed by atoms with Crippen LogP contribution in [0.15, 0.2) is 53.4 Å². The van der Waals surface area contributed by atoms with Gasteiger partial charge in [0.05, 0.1) is 10.6 Å². The van der Waals surface area contributed by atoms with Crippen LogP contribution < -0.4 is 0 Å². The van der Waals surface area contributed by atoms with Crippen molar-refractivity contribution in [1.29, 1.82) is 0 Å². The van der Waals surface area contributed by atoms with Gasteiger partial charge in [0.1, 0.15) is 0 Å². The van der Waals surface area contributed by atoms with Crippen molar-refractivity contribution in [3.8, 4) is 0 Å². The number of carbonyl (C=O) groups is 1. The molecule has 0 aromatic heterocycles. The van der Waals surface area contributed by atoms with Crippen molar-refractivity contribution in [2.45, 2.75) is 38.0 Å². The van der Waals surface area contributed by atoms with E-state index in [0.717, 1.165) is 11.1 Å². The minimum absolute atomic E-state index is 0.00274. The first kappa shape index (κ1) is 17.4. The Balaban J connectivity index is 2.04. The largest absolute Gasteiger partial charge is 0.294 e. The van der Waals surface area contributed by atoms with Crippen LogP contribution in [0.2, 0.25) is 0 Å². The van der Waals surface area contributed by atoms with Gasteiger partial charge in [0, 0.05) is 12.0 Å². The Morgan fingerprint density at radius 1 is 0.957 bits per heavy atom. The fourth-order valence-electron chi connectivity index (χ4n) is 2.29. The summed E-state index contributed by atoms with van der Waals surface area (Å²) in [7, 11) is -3.42. The highest BCUT2D eigenvalue weighted by atomic mass is 32.2. The van der Waals surface area contributed by atoms with Gasteiger partial charge in [0.2, 0.25) is 0 Å². The Bertz CT molecular complexity index is 770. The molecule has 122 valence electrons. The van der Waals surface area contributed by atoms with Crippen molar-refractivity contribution in [2.24, 2.45) is 0 Å². The van der Waals surface area contributed by atoms with Crippen LogP contribution in [0.4, 0.5) is 0 Å². The first-order valence-electron chi connectivity index (χ1n) is 7.72. The van der Waals surface area contributed by atoms with Crippen molar-refractivity contribution < 1.29 is 13.2 Å². The Labute approximate surface area is 138 Å². The Kier molecular flexibility index (Phi) is 5.37. The molecule has 23 heavy (non-hydrogen) atoms. The van der Waals surface area contributed by atoms with Crippen LogP contribution in [0, 0.1) is 6.92 Å². The van der Waals surface area contributed by atoms with Gasteiger partial charge in [-0.05, 0) is 30.5 Å². The van der Waals surface area contributed by atoms with Crippen molar-refractivity contribution >= 4 is 15.6 Å². The molecule has 3 nitrogen and oxygen atoms in total. The van der Waals surface area contributed by atoms with Gasteiger partial charge in [0.25, 0.3) is 0 Å². The van der Waals surface area contributed by atoms with Gasteiger partial charge in [0.15, 0.2) is 15.6 Å². The Morgan fingerprint density at radius 2 is 1.52 bits per heavy atom. The minimum Gasteiger partial charge on any atom is -0.294 e. The third kappa shape index (κ3) is 4.52. The highest BCUT2D eigenvalue weighted by Crippen LogP contribution is 2.17. The maximum Gasteiger partial charge on any atom is 0.178 e. The van der Waals surface area contributed by atoms with Crippen LogP contribution in [0.25, 0.3) is 0 Å². The lowest BCUT2D eigenvalue weighted by molar-refractivity contribution is 0.0988. The predicted octanol–water partition coefficient (Wildman–Crippen LogP) is 4.17. The number of aryl methyl sites for hydroxylation is 1. The summed E-state index contributed by atoms with van der Waals surface area (Å²) in [6.45, 7) is 6.08. The van der Waals surface area contributed by atoms with Crippen LogP contribution in [0.3, 0.4) is 0 Å². The maximum absolute atomic E-state index is 12.3. The zero-order chi connectivity index (χ0) is 17.0. The van der Waals surface area contributed by atoms with E-state index in [1.54, 1.807) is 36.4 Å². The molecule has 0 fully saturated rings. The second kappa shape index (κ2) is 7.09. The molecular formula is C19H22O3S. The van der Waals surface area contributed by atoms with Gasteiger partial charge in [-0.25, -0.2) is 8.42 Å². The smallest absolute Gasteiger partial charge is 0.178 e. The summed E-state index contributed by atoms with van der Waals surface area (Å²) in [6.07, 6.45) is -0.00274. The zero-order valence-corrected chi connectivity index (χ0v) is 14.6. The van der Waals surface area contributed by atoms with Gasteiger partial charge in [-0.1, -0.05) is 55.8 Å². The van der Waals surface area contributed by atoms with Crippen molar-refractivity contribution in [3.63, 3.8) is 0 Å². The molecule has 2 rings (SSSR count). The molecule has 2 aromatic rings. The molecule has 0 unspecified atom stereocenters. The number of rotatable bonds is 6. The molecule has 0 saturated heterocycles. The summed E-state index contributed by atoms with van der Waals surface area (Å²) in [4.78, 5) is 12.5. The molecule has 0 heterocycles. The average molecular weight is 330 g/mol. The molecule has 0 amide bonds. The van der Waals surface area contributed by atoms with Crippen molar-refractivity contribution in [1.82, 2.24) is 0 Å². The summed E-state index contributed by atoms with van der Waals surface area (Å²) in [5, 5.41) is 0. The molecule has 0 aliphatic carbocycles. The van der Waals surface area contributed by atoms with Crippen molar-refractivity contribution in [3.05, 3.63) is 65.2 Å². The summed E-state index contributed by atoms with van der Waals surface area (Å²) >= 11 is 0. The average Bonchev–Trinajstić information content (AvgIpc) is 2.53. The number of carbonyl (C=O) groups excluding carboxylic acids is 1. The monoisotopic (exact) mass is 330 g/mol. The molecule has 0 aliphatic heterocycles. The molecular weight excluding hydrogens is 308 g/mol. The Morgan fingerprint density at radius 3 is 2.04 bits per heavy atom. The third-order valence-corrected chi connectivity index (χ3v) is 5.61. The molecule has 0 atom stereocenters. The normalized spacial score (nSPS) is 11.7. The summed E-state index contributed by atoms with van der Waals surface area (Å²) in [6, 6.07) is 14.1. The van der Waals surface area contributed by atoms with Gasteiger partial charge < -0.3 is 0 Å². The minimum atomic E-state index is -3.42. The fourth-order valence-corrected chi connectivity index (χ4v) is 3.53. The van der Waals surface area contributed by atoms with E-state index in [-0.39, 0.29) is 22.9 Å². The van der Waals surface area contributed by atoms with Gasteiger partial charge in [-0.2, -0.15) is 0 Å². The lowest BCUT2D eigenvalue weighted by Crippen LogP contribution is -2.12. The predicted molar refractivity (Wildman–Crippen MR) is 92.7 cm³/mol. The van der Waals surface area contributed by atoms with Crippen LogP contribution in [-0.2, 0) is 9.84 Å². The highest BCUT2D eigenvalue weighted by Gasteiger charge is 2.17. The van der Waals surface area contributed by atoms with E-state index in [1.807, 2.05) is 19.1 Å². The first-order chi connectivity index (χ1) is 10.8. The van der Waals surface area contributed by atoms with E-state index in [0.29, 0.717) is 11.5 Å². The van der Waals surface area contributed by atoms with E-state index in [4.69, 9.17) is 0 Å². The number of sulfone groups is 1. The number of benzene rings is 2. The van der Waals surface area contributed by atoms with Crippen LogP contribution in [0.1, 0.15) is 47.7 Å². The number of Topliss-reactive ketones (excluding diaryl/α,β-unsaturated/α-hetero) is 1. The standard InChI is InChI=1S/C19H22O3S/c1-14(2)16-6-8-17(9-7-16)19(20)12-13-23(21,22)18-10-4-15(3)5-11-18/h4-11,14H,12-13H2,1-3H3. The Hall–Kier alpha value is -1.94. The fraction of sp³-hybridized carbons (Fsp3) is 0.316. The van der Waals surface area contributed by atoms with E-state index >= 15 is 0 Å². The van der Waals surface area contributed by atoms with E-state index in [1.165, 1.54) is 0 Å². The highest BCUT2D eigenvalue weighted by molar-refractivity contribution is 7.91. The summed E-state index contributed by atoms with van der Waals surface area (Å²) in [5.74, 6) is 0.0953. The van der Waals surface area contributed by atoms with E-state index < -0.39 is 9.84 Å². The molecule has 0 spiro atoms. The molecule has 2 aromatic carbocycles. The second-order valence-electron chi connectivity index (χ2n) is 6.08. The number of ketones is 1. The summed E-state index contributed by atoms with van der Waals surface area (Å²) in [5.41, 5.74) is 2.73. The SMILES string of the molecule is Cc1ccc(S(=O)(=O)CCC(=O)c2ccc(C(C)C)cc2)cc1. The molecule has 0 N–H and O–H groups in total. The number of hydrogen-bond donors (Lipinski definition) is 0. The van der Waals surface area contributed by atoms with Crippen LogP contribution in [-0.4, -0.2) is 20.0 Å². The third-order valence-electron chi connectivity index (χ3n) is 3.88. The quantitative estimate of drug-likeness (QED) is 0.747. The van der Waals surface area contributed by atoms with Crippen LogP contribution in [0.5, 0.6) is 0 Å². The first-order valence-corrected chi connectivity index (χ1v) is 9.37. The lowest BCUT2D eigenvalue weighted by atomic mass is 10.00. The zero-order valence-electron chi connectivity index (χ0n) is 13.7. The van der Waals surface area contributed by atoms with E-state index in [2.05, 4.69) is 13.8 Å². The van der Waals surface area contributed by atoms with Gasteiger partial charge in [-0.3, -0.25) is 4.79 Å². The van der Waals surface area contributed by atoms with Crippen molar-refractivity contribution in [2.75, 3.05) is 5.75 Å².